The largest absolute Gasteiger partial charge is 0.493 e. The van der Waals surface area contributed by atoms with Gasteiger partial charge in [0.2, 0.25) is 0 Å². The Morgan fingerprint density at radius 2 is 1.89 bits per heavy atom. The summed E-state index contributed by atoms with van der Waals surface area (Å²) in [5, 5.41) is 6.94. The van der Waals surface area contributed by atoms with Gasteiger partial charge in [0.25, 0.3) is 0 Å². The van der Waals surface area contributed by atoms with E-state index in [4.69, 9.17) is 4.74 Å². The Kier molecular flexibility index (Phi) is 9.15. The molecule has 1 aromatic rings. The Bertz CT molecular complexity index is 610. The Balaban J connectivity index is 0.00000261. The number of benzene rings is 1. The lowest BCUT2D eigenvalue weighted by molar-refractivity contribution is 0.220. The summed E-state index contributed by atoms with van der Waals surface area (Å²) >= 11 is 0. The first-order valence-corrected chi connectivity index (χ1v) is 9.99. The molecule has 2 N–H and O–H groups in total. The van der Waals surface area contributed by atoms with Crippen molar-refractivity contribution in [2.45, 2.75) is 39.2 Å². The van der Waals surface area contributed by atoms with E-state index in [2.05, 4.69) is 52.7 Å². The molecule has 1 saturated carbocycles. The summed E-state index contributed by atoms with van der Waals surface area (Å²) in [6, 6.07) is 6.46. The van der Waals surface area contributed by atoms with Gasteiger partial charge >= 0.3 is 0 Å². The van der Waals surface area contributed by atoms with Crippen molar-refractivity contribution in [1.82, 2.24) is 15.5 Å². The smallest absolute Gasteiger partial charge is 0.191 e. The summed E-state index contributed by atoms with van der Waals surface area (Å²) in [5.74, 6) is 3.38. The van der Waals surface area contributed by atoms with Gasteiger partial charge in [0.15, 0.2) is 5.96 Å². The summed E-state index contributed by atoms with van der Waals surface area (Å²) in [7, 11) is 4.04. The summed E-state index contributed by atoms with van der Waals surface area (Å²) in [6.45, 7) is 7.08. The van der Waals surface area contributed by atoms with Crippen LogP contribution in [0.4, 0.5) is 0 Å². The van der Waals surface area contributed by atoms with Crippen molar-refractivity contribution in [3.05, 3.63) is 29.3 Å². The van der Waals surface area contributed by atoms with Crippen LogP contribution < -0.4 is 15.4 Å². The van der Waals surface area contributed by atoms with Crippen LogP contribution in [-0.4, -0.2) is 51.2 Å². The second-order valence-electron chi connectivity index (χ2n) is 7.92. The topological polar surface area (TPSA) is 48.9 Å². The molecule has 6 heteroatoms. The van der Waals surface area contributed by atoms with Crippen molar-refractivity contribution in [2.75, 3.05) is 40.3 Å². The zero-order valence-electron chi connectivity index (χ0n) is 17.0. The maximum atomic E-state index is 6.07. The molecular formula is C21H35IN4O. The number of piperidine rings is 1. The average Bonchev–Trinajstić information content (AvgIpc) is 3.47. The standard InChI is InChI=1S/C21H34N4O.HI/c1-16-4-7-19(20(12-16)26-15-18-5-6-18)14-24-21(22-2)23-13-17-8-10-25(3)11-9-17;/h4,7,12,17-18H,5-6,8-11,13-15H2,1-3H3,(H2,22,23,24);1H. The molecule has 0 spiro atoms. The molecule has 0 unspecified atom stereocenters. The predicted molar refractivity (Wildman–Crippen MR) is 123 cm³/mol. The Labute approximate surface area is 181 Å². The zero-order valence-corrected chi connectivity index (χ0v) is 19.3. The minimum atomic E-state index is 0. The van der Waals surface area contributed by atoms with E-state index in [9.17, 15) is 0 Å². The Morgan fingerprint density at radius 3 is 2.56 bits per heavy atom. The van der Waals surface area contributed by atoms with E-state index >= 15 is 0 Å². The highest BCUT2D eigenvalue weighted by Crippen LogP contribution is 2.30. The number of likely N-dealkylation sites (tertiary alicyclic amines) is 1. The van der Waals surface area contributed by atoms with Gasteiger partial charge < -0.3 is 20.3 Å². The molecule has 2 fully saturated rings. The van der Waals surface area contributed by atoms with Crippen LogP contribution >= 0.6 is 24.0 Å². The van der Waals surface area contributed by atoms with Crippen molar-refractivity contribution in [1.29, 1.82) is 0 Å². The highest BCUT2D eigenvalue weighted by atomic mass is 127. The maximum absolute atomic E-state index is 6.07. The van der Waals surface area contributed by atoms with E-state index in [-0.39, 0.29) is 24.0 Å². The number of guanidine groups is 1. The Hall–Kier alpha value is -1.02. The third-order valence-corrected chi connectivity index (χ3v) is 5.46. The Morgan fingerprint density at radius 1 is 1.15 bits per heavy atom. The molecular weight excluding hydrogens is 451 g/mol. The maximum Gasteiger partial charge on any atom is 0.191 e. The van der Waals surface area contributed by atoms with E-state index in [1.165, 1.54) is 49.9 Å². The molecule has 152 valence electrons. The second kappa shape index (κ2) is 11.1. The third kappa shape index (κ3) is 7.49. The number of nitrogens with one attached hydrogen (secondary N) is 2. The zero-order chi connectivity index (χ0) is 18.4. The fourth-order valence-electron chi connectivity index (χ4n) is 3.34. The lowest BCUT2D eigenvalue weighted by atomic mass is 9.97. The highest BCUT2D eigenvalue weighted by molar-refractivity contribution is 14.0. The van der Waals surface area contributed by atoms with E-state index in [1.807, 2.05) is 7.05 Å². The van der Waals surface area contributed by atoms with Crippen molar-refractivity contribution < 1.29 is 4.74 Å². The van der Waals surface area contributed by atoms with Crippen LogP contribution in [0.3, 0.4) is 0 Å². The fraction of sp³-hybridized carbons (Fsp3) is 0.667. The minimum Gasteiger partial charge on any atom is -0.493 e. The normalized spacial score (nSPS) is 18.7. The van der Waals surface area contributed by atoms with Gasteiger partial charge in [0, 0.05) is 25.7 Å². The quantitative estimate of drug-likeness (QED) is 0.353. The molecule has 1 aliphatic heterocycles. The summed E-state index contributed by atoms with van der Waals surface area (Å²) in [6.07, 6.45) is 5.15. The molecule has 0 amide bonds. The molecule has 0 bridgehead atoms. The number of hydrogen-bond donors (Lipinski definition) is 2. The predicted octanol–water partition coefficient (Wildman–Crippen LogP) is 3.41. The van der Waals surface area contributed by atoms with Crippen molar-refractivity contribution in [2.24, 2.45) is 16.8 Å². The van der Waals surface area contributed by atoms with Crippen LogP contribution in [0.15, 0.2) is 23.2 Å². The molecule has 0 radical (unpaired) electrons. The van der Waals surface area contributed by atoms with Gasteiger partial charge in [-0.25, -0.2) is 0 Å². The molecule has 5 nitrogen and oxygen atoms in total. The summed E-state index contributed by atoms with van der Waals surface area (Å²) in [5.41, 5.74) is 2.43. The first kappa shape index (κ1) is 22.3. The van der Waals surface area contributed by atoms with Crippen LogP contribution in [0, 0.1) is 18.8 Å². The van der Waals surface area contributed by atoms with Gasteiger partial charge in [-0.1, -0.05) is 12.1 Å². The van der Waals surface area contributed by atoms with Crippen LogP contribution in [0.1, 0.15) is 36.8 Å². The third-order valence-electron chi connectivity index (χ3n) is 5.46. The molecule has 1 heterocycles. The number of rotatable bonds is 7. The van der Waals surface area contributed by atoms with Gasteiger partial charge in [0.05, 0.1) is 6.61 Å². The molecule has 1 aliphatic carbocycles. The first-order valence-electron chi connectivity index (χ1n) is 9.99. The molecule has 27 heavy (non-hydrogen) atoms. The van der Waals surface area contributed by atoms with Gasteiger partial charge in [-0.3, -0.25) is 4.99 Å². The van der Waals surface area contributed by atoms with Crippen LogP contribution in [-0.2, 0) is 6.54 Å². The number of ether oxygens (including phenoxy) is 1. The van der Waals surface area contributed by atoms with E-state index in [1.54, 1.807) is 0 Å². The van der Waals surface area contributed by atoms with Gasteiger partial charge in [-0.2, -0.15) is 0 Å². The fourth-order valence-corrected chi connectivity index (χ4v) is 3.34. The molecule has 0 aromatic heterocycles. The monoisotopic (exact) mass is 486 g/mol. The van der Waals surface area contributed by atoms with Crippen molar-refractivity contribution in [3.8, 4) is 5.75 Å². The first-order chi connectivity index (χ1) is 12.6. The highest BCUT2D eigenvalue weighted by Gasteiger charge is 2.22. The number of hydrogen-bond acceptors (Lipinski definition) is 3. The van der Waals surface area contributed by atoms with Gasteiger partial charge in [0.1, 0.15) is 5.75 Å². The minimum absolute atomic E-state index is 0. The lowest BCUT2D eigenvalue weighted by Gasteiger charge is -2.29. The van der Waals surface area contributed by atoms with E-state index < -0.39 is 0 Å². The molecule has 0 atom stereocenters. The van der Waals surface area contributed by atoms with E-state index in [0.717, 1.165) is 43.2 Å². The van der Waals surface area contributed by atoms with Crippen LogP contribution in [0.25, 0.3) is 0 Å². The number of aliphatic imine (C=N–C) groups is 1. The molecule has 2 aliphatic rings. The molecule has 1 saturated heterocycles. The number of nitrogens with zero attached hydrogens (tertiary/aromatic N) is 2. The van der Waals surface area contributed by atoms with Gasteiger partial charge in [-0.05, 0) is 76.2 Å². The van der Waals surface area contributed by atoms with Crippen molar-refractivity contribution in [3.63, 3.8) is 0 Å². The summed E-state index contributed by atoms with van der Waals surface area (Å²) in [4.78, 5) is 6.78. The average molecular weight is 486 g/mol. The van der Waals surface area contributed by atoms with Crippen LogP contribution in [0.5, 0.6) is 5.75 Å². The SMILES string of the molecule is CN=C(NCc1ccc(C)cc1OCC1CC1)NCC1CCN(C)CC1.I. The molecule has 3 rings (SSSR count). The van der Waals surface area contributed by atoms with Crippen molar-refractivity contribution >= 4 is 29.9 Å². The van der Waals surface area contributed by atoms with Gasteiger partial charge in [-0.15, -0.1) is 24.0 Å². The summed E-state index contributed by atoms with van der Waals surface area (Å²) < 4.78 is 6.07. The number of halogens is 1. The number of aryl methyl sites for hydroxylation is 1. The van der Waals surface area contributed by atoms with E-state index in [0.29, 0.717) is 0 Å². The lowest BCUT2D eigenvalue weighted by Crippen LogP contribution is -2.42. The van der Waals surface area contributed by atoms with Crippen LogP contribution in [0.2, 0.25) is 0 Å². The second-order valence-corrected chi connectivity index (χ2v) is 7.92. The molecule has 1 aromatic carbocycles.